The zero-order valence-corrected chi connectivity index (χ0v) is 13.3. The summed E-state index contributed by atoms with van der Waals surface area (Å²) >= 11 is 0. The lowest BCUT2D eigenvalue weighted by Crippen LogP contribution is -2.48. The van der Waals surface area contributed by atoms with Crippen LogP contribution in [0.25, 0.3) is 0 Å². The average molecular weight is 308 g/mol. The number of aliphatic hydroxyl groups is 1. The maximum absolute atomic E-state index is 12.9. The van der Waals surface area contributed by atoms with Crippen LogP contribution in [-0.4, -0.2) is 36.0 Å². The van der Waals surface area contributed by atoms with Gasteiger partial charge in [-0.15, -0.1) is 0 Å². The van der Waals surface area contributed by atoms with Gasteiger partial charge in [-0.05, 0) is 51.3 Å². The van der Waals surface area contributed by atoms with E-state index in [-0.39, 0.29) is 4.90 Å². The first kappa shape index (κ1) is 16.0. The molecule has 1 atom stereocenters. The number of sulfonamides is 1. The van der Waals surface area contributed by atoms with Crippen LogP contribution in [0.3, 0.4) is 0 Å². The van der Waals surface area contributed by atoms with Crippen LogP contribution in [0.2, 0.25) is 0 Å². The molecule has 0 saturated carbocycles. The van der Waals surface area contributed by atoms with Gasteiger partial charge in [0.1, 0.15) is 0 Å². The van der Waals surface area contributed by atoms with Gasteiger partial charge in [-0.3, -0.25) is 0 Å². The lowest BCUT2D eigenvalue weighted by Gasteiger charge is -2.33. The molecule has 1 saturated heterocycles. The summed E-state index contributed by atoms with van der Waals surface area (Å²) in [6, 6.07) is 6.18. The highest BCUT2D eigenvalue weighted by atomic mass is 32.2. The summed E-state index contributed by atoms with van der Waals surface area (Å²) in [6.45, 7) is 5.37. The number of nitriles is 1. The SMILES string of the molecule is Cc1ccc(C#N)cc1S(=O)(=O)N1CCCC1C(C)(C)O. The number of aryl methyl sites for hydroxylation is 1. The molecule has 21 heavy (non-hydrogen) atoms. The Morgan fingerprint density at radius 2 is 2.10 bits per heavy atom. The molecular weight excluding hydrogens is 288 g/mol. The van der Waals surface area contributed by atoms with Gasteiger partial charge < -0.3 is 5.11 Å². The molecular formula is C15H20N2O3S. The Morgan fingerprint density at radius 1 is 1.43 bits per heavy atom. The third-order valence-corrected chi connectivity index (χ3v) is 5.97. The predicted molar refractivity (Wildman–Crippen MR) is 79.1 cm³/mol. The molecule has 1 aromatic rings. The van der Waals surface area contributed by atoms with Crippen LogP contribution >= 0.6 is 0 Å². The zero-order chi connectivity index (χ0) is 15.8. The van der Waals surface area contributed by atoms with Gasteiger partial charge in [0.05, 0.1) is 28.2 Å². The molecule has 0 bridgehead atoms. The van der Waals surface area contributed by atoms with Crippen LogP contribution in [0.1, 0.15) is 37.8 Å². The van der Waals surface area contributed by atoms with Crippen molar-refractivity contribution in [2.24, 2.45) is 0 Å². The second kappa shape index (κ2) is 5.41. The van der Waals surface area contributed by atoms with E-state index in [4.69, 9.17) is 5.26 Å². The van der Waals surface area contributed by atoms with E-state index >= 15 is 0 Å². The first-order valence-electron chi connectivity index (χ1n) is 6.93. The van der Waals surface area contributed by atoms with Crippen LogP contribution < -0.4 is 0 Å². The quantitative estimate of drug-likeness (QED) is 0.923. The van der Waals surface area contributed by atoms with E-state index in [9.17, 15) is 13.5 Å². The van der Waals surface area contributed by atoms with Crippen LogP contribution in [0.5, 0.6) is 0 Å². The molecule has 1 fully saturated rings. The van der Waals surface area contributed by atoms with Crippen LogP contribution in [0.4, 0.5) is 0 Å². The normalized spacial score (nSPS) is 20.4. The second-order valence-corrected chi connectivity index (χ2v) is 7.88. The summed E-state index contributed by atoms with van der Waals surface area (Å²) in [7, 11) is -3.71. The molecule has 6 heteroatoms. The Labute approximate surface area is 125 Å². The van der Waals surface area contributed by atoms with Gasteiger partial charge in [0, 0.05) is 6.54 Å². The Bertz CT molecular complexity index is 684. The molecule has 114 valence electrons. The number of nitrogens with zero attached hydrogens (tertiary/aromatic N) is 2. The minimum Gasteiger partial charge on any atom is -0.389 e. The van der Waals surface area contributed by atoms with Gasteiger partial charge in [0.2, 0.25) is 10.0 Å². The maximum atomic E-state index is 12.9. The number of hydrogen-bond donors (Lipinski definition) is 1. The largest absolute Gasteiger partial charge is 0.389 e. The topological polar surface area (TPSA) is 81.4 Å². The molecule has 0 aromatic heterocycles. The van der Waals surface area contributed by atoms with E-state index in [1.165, 1.54) is 10.4 Å². The Kier molecular flexibility index (Phi) is 4.11. The van der Waals surface area contributed by atoms with Crippen molar-refractivity contribution < 1.29 is 13.5 Å². The number of rotatable bonds is 3. The molecule has 0 aliphatic carbocycles. The number of hydrogen-bond acceptors (Lipinski definition) is 4. The van der Waals surface area contributed by atoms with Crippen LogP contribution in [-0.2, 0) is 10.0 Å². The smallest absolute Gasteiger partial charge is 0.243 e. The highest BCUT2D eigenvalue weighted by Crippen LogP contribution is 2.33. The molecule has 0 spiro atoms. The van der Waals surface area contributed by atoms with Crippen molar-refractivity contribution in [1.82, 2.24) is 4.31 Å². The summed E-state index contributed by atoms with van der Waals surface area (Å²) < 4.78 is 27.1. The fraction of sp³-hybridized carbons (Fsp3) is 0.533. The van der Waals surface area contributed by atoms with Crippen molar-refractivity contribution in [3.8, 4) is 6.07 Å². The highest BCUT2D eigenvalue weighted by Gasteiger charge is 2.43. The first-order chi connectivity index (χ1) is 9.67. The molecule has 1 aliphatic heterocycles. The maximum Gasteiger partial charge on any atom is 0.243 e. The summed E-state index contributed by atoms with van der Waals surface area (Å²) in [5.74, 6) is 0. The van der Waals surface area contributed by atoms with Crippen molar-refractivity contribution >= 4 is 10.0 Å². The monoisotopic (exact) mass is 308 g/mol. The molecule has 1 heterocycles. The lowest BCUT2D eigenvalue weighted by atomic mass is 9.98. The Hall–Kier alpha value is -1.42. The molecule has 1 aromatic carbocycles. The van der Waals surface area contributed by atoms with Gasteiger partial charge >= 0.3 is 0 Å². The highest BCUT2D eigenvalue weighted by molar-refractivity contribution is 7.89. The van der Waals surface area contributed by atoms with Crippen molar-refractivity contribution in [3.63, 3.8) is 0 Å². The van der Waals surface area contributed by atoms with E-state index in [0.29, 0.717) is 24.1 Å². The molecule has 0 radical (unpaired) electrons. The van der Waals surface area contributed by atoms with E-state index in [0.717, 1.165) is 6.42 Å². The van der Waals surface area contributed by atoms with Crippen molar-refractivity contribution in [3.05, 3.63) is 29.3 Å². The fourth-order valence-electron chi connectivity index (χ4n) is 2.81. The number of benzene rings is 1. The zero-order valence-electron chi connectivity index (χ0n) is 12.5. The second-order valence-electron chi connectivity index (χ2n) is 6.02. The van der Waals surface area contributed by atoms with Gasteiger partial charge in [-0.1, -0.05) is 6.07 Å². The average Bonchev–Trinajstić information content (AvgIpc) is 2.89. The predicted octanol–water partition coefficient (Wildman–Crippen LogP) is 1.79. The fourth-order valence-corrected chi connectivity index (χ4v) is 4.88. The van der Waals surface area contributed by atoms with Gasteiger partial charge in [0.25, 0.3) is 0 Å². The Balaban J connectivity index is 2.50. The molecule has 0 amide bonds. The standard InChI is InChI=1S/C15H20N2O3S/c1-11-6-7-12(10-16)9-13(11)21(19,20)17-8-4-5-14(17)15(2,3)18/h6-7,9,14,18H,4-5,8H2,1-3H3. The van der Waals surface area contributed by atoms with Crippen molar-refractivity contribution in [2.45, 2.75) is 50.2 Å². The van der Waals surface area contributed by atoms with Gasteiger partial charge in [-0.2, -0.15) is 9.57 Å². The summed E-state index contributed by atoms with van der Waals surface area (Å²) in [5.41, 5.74) is -0.168. The molecule has 1 unspecified atom stereocenters. The van der Waals surface area contributed by atoms with Crippen LogP contribution in [0.15, 0.2) is 23.1 Å². The van der Waals surface area contributed by atoms with Crippen LogP contribution in [0, 0.1) is 18.3 Å². The van der Waals surface area contributed by atoms with Crippen molar-refractivity contribution in [2.75, 3.05) is 6.54 Å². The molecule has 5 nitrogen and oxygen atoms in total. The van der Waals surface area contributed by atoms with E-state index in [2.05, 4.69) is 0 Å². The molecule has 1 aliphatic rings. The summed E-state index contributed by atoms with van der Waals surface area (Å²) in [6.07, 6.45) is 1.37. The van der Waals surface area contributed by atoms with E-state index in [1.807, 2.05) is 6.07 Å². The molecule has 2 rings (SSSR count). The van der Waals surface area contributed by atoms with E-state index in [1.54, 1.807) is 32.9 Å². The molecule has 1 N–H and O–H groups in total. The van der Waals surface area contributed by atoms with Gasteiger partial charge in [0.15, 0.2) is 0 Å². The third kappa shape index (κ3) is 2.95. The third-order valence-electron chi connectivity index (χ3n) is 3.92. The van der Waals surface area contributed by atoms with Gasteiger partial charge in [-0.25, -0.2) is 8.42 Å². The van der Waals surface area contributed by atoms with Crippen molar-refractivity contribution in [1.29, 1.82) is 5.26 Å². The minimum atomic E-state index is -3.71. The lowest BCUT2D eigenvalue weighted by molar-refractivity contribution is 0.0215. The Morgan fingerprint density at radius 3 is 2.67 bits per heavy atom. The summed E-state index contributed by atoms with van der Waals surface area (Å²) in [5, 5.41) is 19.2. The first-order valence-corrected chi connectivity index (χ1v) is 8.37. The summed E-state index contributed by atoms with van der Waals surface area (Å²) in [4.78, 5) is 0.151. The minimum absolute atomic E-state index is 0.151. The van der Waals surface area contributed by atoms with E-state index < -0.39 is 21.7 Å².